The van der Waals surface area contributed by atoms with Crippen molar-refractivity contribution in [2.24, 2.45) is 12.8 Å². The number of hydrogen-bond donors (Lipinski definition) is 1. The molecule has 182 valence electrons. The molecule has 0 bridgehead atoms. The average Bonchev–Trinajstić information content (AvgIpc) is 3.24. The lowest BCUT2D eigenvalue weighted by molar-refractivity contribution is -0.135. The van der Waals surface area contributed by atoms with Gasteiger partial charge in [-0.05, 0) is 61.6 Å². The Morgan fingerprint density at radius 1 is 1.23 bits per heavy atom. The fourth-order valence-electron chi connectivity index (χ4n) is 5.16. The molecule has 1 amide bonds. The number of rotatable bonds is 6. The van der Waals surface area contributed by atoms with Gasteiger partial charge in [-0.15, -0.1) is 0 Å². The van der Waals surface area contributed by atoms with Gasteiger partial charge in [-0.3, -0.25) is 4.79 Å². The summed E-state index contributed by atoms with van der Waals surface area (Å²) >= 11 is 0. The van der Waals surface area contributed by atoms with Crippen molar-refractivity contribution < 1.29 is 9.53 Å². The molecule has 2 heterocycles. The second-order valence-electron chi connectivity index (χ2n) is 9.66. The summed E-state index contributed by atoms with van der Waals surface area (Å²) in [6.45, 7) is 4.76. The molecule has 1 aliphatic rings. The van der Waals surface area contributed by atoms with Crippen LogP contribution >= 0.6 is 0 Å². The van der Waals surface area contributed by atoms with Gasteiger partial charge in [0.1, 0.15) is 17.6 Å². The Kier molecular flexibility index (Phi) is 6.68. The number of amides is 1. The van der Waals surface area contributed by atoms with E-state index >= 15 is 0 Å². The number of carbonyl (C=O) groups excluding carboxylic acids is 1. The molecule has 2 N–H and O–H groups in total. The molecular formula is C28H33N5O2. The summed E-state index contributed by atoms with van der Waals surface area (Å²) in [5.41, 5.74) is 8.32. The highest BCUT2D eigenvalue weighted by Gasteiger charge is 2.41. The van der Waals surface area contributed by atoms with E-state index in [1.165, 1.54) is 0 Å². The molecule has 7 heteroatoms. The minimum absolute atomic E-state index is 0.157. The third-order valence-corrected chi connectivity index (χ3v) is 7.37. The van der Waals surface area contributed by atoms with Crippen molar-refractivity contribution in [3.8, 4) is 17.6 Å². The zero-order valence-electron chi connectivity index (χ0n) is 20.9. The van der Waals surface area contributed by atoms with Crippen LogP contribution in [0, 0.1) is 11.3 Å². The van der Waals surface area contributed by atoms with Crippen LogP contribution in [0.25, 0.3) is 0 Å². The number of carbonyl (C=O) groups is 1. The molecule has 1 saturated heterocycles. The largest absolute Gasteiger partial charge is 0.456 e. The number of benzene rings is 2. The predicted molar refractivity (Wildman–Crippen MR) is 135 cm³/mol. The van der Waals surface area contributed by atoms with Gasteiger partial charge in [0.25, 0.3) is 0 Å². The van der Waals surface area contributed by atoms with Crippen molar-refractivity contribution in [3.63, 3.8) is 0 Å². The second-order valence-corrected chi connectivity index (χ2v) is 9.66. The number of imidazole rings is 1. The highest BCUT2D eigenvalue weighted by molar-refractivity contribution is 5.88. The van der Waals surface area contributed by atoms with Crippen LogP contribution in [-0.2, 0) is 22.8 Å². The van der Waals surface area contributed by atoms with E-state index in [-0.39, 0.29) is 5.91 Å². The topological polar surface area (TPSA) is 97.2 Å². The first-order valence-electron chi connectivity index (χ1n) is 12.1. The van der Waals surface area contributed by atoms with E-state index in [1.807, 2.05) is 66.9 Å². The molecule has 4 rings (SSSR count). The lowest BCUT2D eigenvalue weighted by Gasteiger charge is -2.33. The van der Waals surface area contributed by atoms with Gasteiger partial charge in [0.15, 0.2) is 0 Å². The zero-order valence-corrected chi connectivity index (χ0v) is 20.9. The summed E-state index contributed by atoms with van der Waals surface area (Å²) in [5.74, 6) is 1.17. The predicted octanol–water partition coefficient (Wildman–Crippen LogP) is 4.60. The second kappa shape index (κ2) is 9.55. The molecule has 2 atom stereocenters. The Balaban J connectivity index is 1.72. The monoisotopic (exact) mass is 471 g/mol. The number of likely N-dealkylation sites (N-methyl/N-ethyl adjacent to an activating group) is 1. The fourth-order valence-corrected chi connectivity index (χ4v) is 5.16. The van der Waals surface area contributed by atoms with E-state index in [9.17, 15) is 10.1 Å². The molecule has 0 radical (unpaired) electrons. The third kappa shape index (κ3) is 4.42. The van der Waals surface area contributed by atoms with Gasteiger partial charge in [-0.1, -0.05) is 31.5 Å². The molecule has 0 spiro atoms. The maximum Gasteiger partial charge on any atom is 0.232 e. The molecule has 0 aliphatic carbocycles. The SMILES string of the molecule is CC[C@]1(c2cccc(Oc3cc([C@@](C)(N)c4cncn4C)ccc3C#N)c2)CCCCN(C)C1=O. The van der Waals surface area contributed by atoms with E-state index in [2.05, 4.69) is 18.0 Å². The summed E-state index contributed by atoms with van der Waals surface area (Å²) in [6, 6.07) is 15.3. The molecule has 3 aromatic rings. The molecule has 1 fully saturated rings. The number of aromatic nitrogens is 2. The van der Waals surface area contributed by atoms with Crippen LogP contribution in [0.15, 0.2) is 55.0 Å². The van der Waals surface area contributed by atoms with Gasteiger partial charge in [-0.2, -0.15) is 5.26 Å². The maximum absolute atomic E-state index is 13.4. The van der Waals surface area contributed by atoms with E-state index in [1.54, 1.807) is 18.6 Å². The number of nitrogens with two attached hydrogens (primary N) is 1. The minimum Gasteiger partial charge on any atom is -0.456 e. The molecule has 7 nitrogen and oxygen atoms in total. The van der Waals surface area contributed by atoms with Crippen molar-refractivity contribution in [1.82, 2.24) is 14.5 Å². The number of ether oxygens (including phenoxy) is 1. The molecule has 0 saturated carbocycles. The lowest BCUT2D eigenvalue weighted by atomic mass is 9.73. The van der Waals surface area contributed by atoms with Crippen LogP contribution in [-0.4, -0.2) is 34.0 Å². The van der Waals surface area contributed by atoms with Crippen LogP contribution < -0.4 is 10.5 Å². The Hall–Kier alpha value is -3.63. The minimum atomic E-state index is -0.831. The Bertz CT molecular complexity index is 1270. The normalized spacial score (nSPS) is 20.1. The van der Waals surface area contributed by atoms with Crippen LogP contribution in [0.5, 0.6) is 11.5 Å². The molecule has 1 aliphatic heterocycles. The van der Waals surface area contributed by atoms with Gasteiger partial charge in [0.05, 0.1) is 34.7 Å². The summed E-state index contributed by atoms with van der Waals surface area (Å²) in [7, 11) is 3.78. The summed E-state index contributed by atoms with van der Waals surface area (Å²) in [5, 5.41) is 9.73. The first-order valence-corrected chi connectivity index (χ1v) is 12.1. The van der Waals surface area contributed by atoms with Crippen LogP contribution in [0.1, 0.15) is 61.9 Å². The van der Waals surface area contributed by atoms with Crippen molar-refractivity contribution in [2.75, 3.05) is 13.6 Å². The highest BCUT2D eigenvalue weighted by Crippen LogP contribution is 2.40. The lowest BCUT2D eigenvalue weighted by Crippen LogP contribution is -2.43. The third-order valence-electron chi connectivity index (χ3n) is 7.37. The summed E-state index contributed by atoms with van der Waals surface area (Å²) in [4.78, 5) is 19.4. The quantitative estimate of drug-likeness (QED) is 0.567. The number of likely N-dealkylation sites (tertiary alicyclic amines) is 1. The maximum atomic E-state index is 13.4. The Morgan fingerprint density at radius 3 is 2.71 bits per heavy atom. The smallest absolute Gasteiger partial charge is 0.232 e. The Labute approximate surface area is 207 Å². The van der Waals surface area contributed by atoms with Crippen LogP contribution in [0.2, 0.25) is 0 Å². The van der Waals surface area contributed by atoms with Crippen LogP contribution in [0.4, 0.5) is 0 Å². The number of nitrogens with zero attached hydrogens (tertiary/aromatic N) is 4. The van der Waals surface area contributed by atoms with Crippen molar-refractivity contribution in [1.29, 1.82) is 5.26 Å². The molecule has 2 aromatic carbocycles. The highest BCUT2D eigenvalue weighted by atomic mass is 16.5. The van der Waals surface area contributed by atoms with Crippen molar-refractivity contribution >= 4 is 5.91 Å². The van der Waals surface area contributed by atoms with Crippen molar-refractivity contribution in [3.05, 3.63) is 77.4 Å². The van der Waals surface area contributed by atoms with E-state index < -0.39 is 11.0 Å². The average molecular weight is 472 g/mol. The summed E-state index contributed by atoms with van der Waals surface area (Å²) in [6.07, 6.45) is 6.99. The van der Waals surface area contributed by atoms with Gasteiger partial charge >= 0.3 is 0 Å². The number of nitriles is 1. The van der Waals surface area contributed by atoms with Gasteiger partial charge in [-0.25, -0.2) is 4.98 Å². The molecule has 1 aromatic heterocycles. The van der Waals surface area contributed by atoms with E-state index in [0.717, 1.165) is 49.0 Å². The van der Waals surface area contributed by atoms with Crippen LogP contribution in [0.3, 0.4) is 0 Å². The van der Waals surface area contributed by atoms with Crippen molar-refractivity contribution in [2.45, 2.75) is 50.5 Å². The Morgan fingerprint density at radius 2 is 2.03 bits per heavy atom. The fraction of sp³-hybridized carbons (Fsp3) is 0.393. The van der Waals surface area contributed by atoms with Gasteiger partial charge < -0.3 is 19.9 Å². The van der Waals surface area contributed by atoms with E-state index in [4.69, 9.17) is 10.5 Å². The molecule has 35 heavy (non-hydrogen) atoms. The van der Waals surface area contributed by atoms with Gasteiger partial charge in [0, 0.05) is 20.6 Å². The standard InChI is InChI=1S/C28H33N5O2/c1-5-28(13-6-7-14-32(3)26(28)34)22-9-8-10-23(15-22)35-24-16-21(12-11-20(24)17-29)27(2,30)25-18-31-19-33(25)4/h8-12,15-16,18-19H,5-7,13-14,30H2,1-4H3/t27-,28-/m1/s1. The molecular weight excluding hydrogens is 438 g/mol. The van der Waals surface area contributed by atoms with E-state index in [0.29, 0.717) is 17.1 Å². The zero-order chi connectivity index (χ0) is 25.2. The number of hydrogen-bond acceptors (Lipinski definition) is 5. The number of aryl methyl sites for hydroxylation is 1. The first kappa shape index (κ1) is 24.5. The molecule has 0 unspecified atom stereocenters. The van der Waals surface area contributed by atoms with Gasteiger partial charge in [0.2, 0.25) is 5.91 Å². The summed E-state index contributed by atoms with van der Waals surface area (Å²) < 4.78 is 8.15. The first-order chi connectivity index (χ1) is 16.7.